The van der Waals surface area contributed by atoms with E-state index in [0.717, 1.165) is 11.4 Å². The molecular weight excluding hydrogens is 324 g/mol. The predicted molar refractivity (Wildman–Crippen MR) is 95.5 cm³/mol. The van der Waals surface area contributed by atoms with Crippen molar-refractivity contribution in [1.82, 2.24) is 9.55 Å². The number of benzene rings is 1. The number of imidazole rings is 1. The summed E-state index contributed by atoms with van der Waals surface area (Å²) in [4.78, 5) is 5.71. The van der Waals surface area contributed by atoms with Crippen LogP contribution in [-0.4, -0.2) is 30.9 Å². The molecule has 0 N–H and O–H groups in total. The van der Waals surface area contributed by atoms with E-state index in [-0.39, 0.29) is 0 Å². The Labute approximate surface area is 145 Å². The Bertz CT molecular complexity index is 813. The molecule has 2 heterocycles. The van der Waals surface area contributed by atoms with Crippen molar-refractivity contribution in [2.45, 2.75) is 13.5 Å². The molecule has 0 atom stereocenters. The Morgan fingerprint density at radius 1 is 1.08 bits per heavy atom. The molecule has 0 unspecified atom stereocenters. The zero-order valence-electron chi connectivity index (χ0n) is 14.2. The minimum absolute atomic E-state index is 0.601. The van der Waals surface area contributed by atoms with Gasteiger partial charge < -0.3 is 18.8 Å². The zero-order chi connectivity index (χ0) is 17.1. The Morgan fingerprint density at radius 2 is 1.79 bits per heavy atom. The van der Waals surface area contributed by atoms with Gasteiger partial charge in [-0.1, -0.05) is 0 Å². The van der Waals surface area contributed by atoms with Crippen molar-refractivity contribution in [3.8, 4) is 28.0 Å². The summed E-state index contributed by atoms with van der Waals surface area (Å²) in [7, 11) is 4.85. The molecule has 0 amide bonds. The molecule has 0 aliphatic heterocycles. The van der Waals surface area contributed by atoms with Crippen molar-refractivity contribution < 1.29 is 14.2 Å². The minimum atomic E-state index is 0.601. The van der Waals surface area contributed by atoms with Crippen LogP contribution in [0.3, 0.4) is 0 Å². The first-order chi connectivity index (χ1) is 11.7. The van der Waals surface area contributed by atoms with E-state index in [1.807, 2.05) is 24.5 Å². The highest BCUT2D eigenvalue weighted by molar-refractivity contribution is 7.13. The number of thiophene rings is 1. The number of hydrogen-bond donors (Lipinski definition) is 0. The van der Waals surface area contributed by atoms with E-state index in [4.69, 9.17) is 14.2 Å². The fourth-order valence-corrected chi connectivity index (χ4v) is 3.61. The Morgan fingerprint density at radius 3 is 2.33 bits per heavy atom. The van der Waals surface area contributed by atoms with Crippen molar-refractivity contribution in [2.24, 2.45) is 0 Å². The standard InChI is InChI=1S/C18H20N2O3S/c1-12-5-8-24-17(12)18-19-6-7-20(18)11-13-9-14(21-2)16(23-4)15(10-13)22-3/h5-10H,11H2,1-4H3. The number of aryl methyl sites for hydroxylation is 1. The number of ether oxygens (including phenoxy) is 3. The van der Waals surface area contributed by atoms with Gasteiger partial charge in [0.2, 0.25) is 5.75 Å². The molecule has 0 spiro atoms. The molecule has 6 heteroatoms. The lowest BCUT2D eigenvalue weighted by Crippen LogP contribution is -2.03. The largest absolute Gasteiger partial charge is 0.493 e. The van der Waals surface area contributed by atoms with Gasteiger partial charge in [-0.25, -0.2) is 4.98 Å². The lowest BCUT2D eigenvalue weighted by molar-refractivity contribution is 0.323. The van der Waals surface area contributed by atoms with E-state index in [1.165, 1.54) is 10.4 Å². The third-order valence-corrected chi connectivity index (χ3v) is 4.87. The van der Waals surface area contributed by atoms with Gasteiger partial charge in [0.1, 0.15) is 0 Å². The van der Waals surface area contributed by atoms with Gasteiger partial charge in [-0.3, -0.25) is 0 Å². The van der Waals surface area contributed by atoms with Crippen molar-refractivity contribution >= 4 is 11.3 Å². The van der Waals surface area contributed by atoms with Crippen LogP contribution < -0.4 is 14.2 Å². The first kappa shape index (κ1) is 16.4. The minimum Gasteiger partial charge on any atom is -0.493 e. The lowest BCUT2D eigenvalue weighted by atomic mass is 10.1. The molecule has 0 saturated carbocycles. The van der Waals surface area contributed by atoms with E-state index in [1.54, 1.807) is 32.7 Å². The molecule has 0 fully saturated rings. The molecule has 0 saturated heterocycles. The van der Waals surface area contributed by atoms with E-state index in [0.29, 0.717) is 23.8 Å². The second-order valence-electron chi connectivity index (χ2n) is 5.35. The molecular formula is C18H20N2O3S. The van der Waals surface area contributed by atoms with Crippen LogP contribution in [0.1, 0.15) is 11.1 Å². The Balaban J connectivity index is 1.98. The van der Waals surface area contributed by atoms with Gasteiger partial charge in [0, 0.05) is 18.9 Å². The maximum atomic E-state index is 5.43. The van der Waals surface area contributed by atoms with E-state index in [2.05, 4.69) is 27.9 Å². The molecule has 5 nitrogen and oxygen atoms in total. The quantitative estimate of drug-likeness (QED) is 0.678. The topological polar surface area (TPSA) is 45.5 Å². The van der Waals surface area contributed by atoms with Gasteiger partial charge in [0.05, 0.1) is 26.2 Å². The normalized spacial score (nSPS) is 10.7. The van der Waals surface area contributed by atoms with E-state index in [9.17, 15) is 0 Å². The second-order valence-corrected chi connectivity index (χ2v) is 6.26. The van der Waals surface area contributed by atoms with Crippen LogP contribution in [-0.2, 0) is 6.54 Å². The van der Waals surface area contributed by atoms with Crippen molar-refractivity contribution in [2.75, 3.05) is 21.3 Å². The summed E-state index contributed by atoms with van der Waals surface area (Å²) in [6.45, 7) is 2.77. The molecule has 0 aliphatic rings. The number of rotatable bonds is 6. The van der Waals surface area contributed by atoms with Crippen LogP contribution in [0, 0.1) is 6.92 Å². The molecule has 0 aliphatic carbocycles. The molecule has 126 valence electrons. The van der Waals surface area contributed by atoms with E-state index >= 15 is 0 Å². The first-order valence-corrected chi connectivity index (χ1v) is 8.40. The first-order valence-electron chi connectivity index (χ1n) is 7.52. The molecule has 0 bridgehead atoms. The van der Waals surface area contributed by atoms with Crippen LogP contribution >= 0.6 is 11.3 Å². The van der Waals surface area contributed by atoms with Gasteiger partial charge >= 0.3 is 0 Å². The summed E-state index contributed by atoms with van der Waals surface area (Å²) >= 11 is 1.70. The van der Waals surface area contributed by atoms with Gasteiger partial charge in [0.15, 0.2) is 17.3 Å². The third kappa shape index (κ3) is 2.97. The van der Waals surface area contributed by atoms with Crippen LogP contribution in [0.5, 0.6) is 17.2 Å². The summed E-state index contributed by atoms with van der Waals surface area (Å²) in [5.41, 5.74) is 2.29. The maximum absolute atomic E-state index is 5.43. The maximum Gasteiger partial charge on any atom is 0.203 e. The average molecular weight is 344 g/mol. The number of methoxy groups -OCH3 is 3. The SMILES string of the molecule is COc1cc(Cn2ccnc2-c2sccc2C)cc(OC)c1OC. The molecule has 0 radical (unpaired) electrons. The summed E-state index contributed by atoms with van der Waals surface area (Å²) in [6.07, 6.45) is 3.81. The number of hydrogen-bond acceptors (Lipinski definition) is 5. The lowest BCUT2D eigenvalue weighted by Gasteiger charge is -2.15. The highest BCUT2D eigenvalue weighted by Crippen LogP contribution is 2.38. The van der Waals surface area contributed by atoms with Crippen LogP contribution in [0.2, 0.25) is 0 Å². The summed E-state index contributed by atoms with van der Waals surface area (Å²) < 4.78 is 18.4. The van der Waals surface area contributed by atoms with Gasteiger partial charge in [-0.15, -0.1) is 11.3 Å². The number of nitrogens with zero attached hydrogens (tertiary/aromatic N) is 2. The van der Waals surface area contributed by atoms with Crippen LogP contribution in [0.4, 0.5) is 0 Å². The predicted octanol–water partition coefficient (Wildman–Crippen LogP) is 3.99. The van der Waals surface area contributed by atoms with Gasteiger partial charge in [-0.2, -0.15) is 0 Å². The summed E-state index contributed by atoms with van der Waals surface area (Å²) in [5.74, 6) is 2.88. The fraction of sp³-hybridized carbons (Fsp3) is 0.278. The Kier molecular flexibility index (Phi) is 4.76. The number of aromatic nitrogens is 2. The van der Waals surface area contributed by atoms with Gasteiger partial charge in [-0.05, 0) is 41.6 Å². The highest BCUT2D eigenvalue weighted by Gasteiger charge is 2.15. The van der Waals surface area contributed by atoms with Gasteiger partial charge in [0.25, 0.3) is 0 Å². The summed E-state index contributed by atoms with van der Waals surface area (Å²) in [6, 6.07) is 6.04. The smallest absolute Gasteiger partial charge is 0.203 e. The third-order valence-electron chi connectivity index (χ3n) is 3.86. The monoisotopic (exact) mass is 344 g/mol. The zero-order valence-corrected chi connectivity index (χ0v) is 15.0. The molecule has 1 aromatic carbocycles. The van der Waals surface area contributed by atoms with E-state index < -0.39 is 0 Å². The summed E-state index contributed by atoms with van der Waals surface area (Å²) in [5, 5.41) is 2.09. The molecule has 24 heavy (non-hydrogen) atoms. The second kappa shape index (κ2) is 6.97. The Hall–Kier alpha value is -2.47. The molecule has 3 rings (SSSR count). The fourth-order valence-electron chi connectivity index (χ4n) is 2.67. The van der Waals surface area contributed by atoms with Crippen molar-refractivity contribution in [1.29, 1.82) is 0 Å². The molecule has 3 aromatic rings. The van der Waals surface area contributed by atoms with Crippen LogP contribution in [0.25, 0.3) is 10.7 Å². The highest BCUT2D eigenvalue weighted by atomic mass is 32.1. The van der Waals surface area contributed by atoms with Crippen molar-refractivity contribution in [3.63, 3.8) is 0 Å². The van der Waals surface area contributed by atoms with Crippen LogP contribution in [0.15, 0.2) is 36.0 Å². The van der Waals surface area contributed by atoms with Crippen molar-refractivity contribution in [3.05, 3.63) is 47.1 Å². The average Bonchev–Trinajstić information content (AvgIpc) is 3.22. The molecule has 2 aromatic heterocycles.